The number of pyridine rings is 1. The van der Waals surface area contributed by atoms with Crippen molar-refractivity contribution in [2.75, 3.05) is 20.2 Å². The molecule has 0 amide bonds. The smallest absolute Gasteiger partial charge is 0.240 e. The summed E-state index contributed by atoms with van der Waals surface area (Å²) in [5.41, 5.74) is 4.54. The van der Waals surface area contributed by atoms with E-state index in [0.717, 1.165) is 42.4 Å². The Balaban J connectivity index is 1.13. The number of nitrogens with one attached hydrogen (secondary N) is 1. The number of fused-ring (bicyclic) bond motifs is 1. The third-order valence-electron chi connectivity index (χ3n) is 7.84. The number of nitrogens with zero attached hydrogens (tertiary/aromatic N) is 7. The average molecular weight is 595 g/mol. The van der Waals surface area contributed by atoms with Gasteiger partial charge in [0.2, 0.25) is 5.88 Å². The van der Waals surface area contributed by atoms with Gasteiger partial charge in [-0.1, -0.05) is 36.4 Å². The lowest BCUT2D eigenvalue weighted by molar-refractivity contribution is 0.135. The molecule has 0 unspecified atom stereocenters. The zero-order valence-electron chi connectivity index (χ0n) is 24.0. The molecule has 10 nitrogen and oxygen atoms in total. The summed E-state index contributed by atoms with van der Waals surface area (Å²) in [5, 5.41) is 21.7. The predicted molar refractivity (Wildman–Crippen MR) is 159 cm³/mol. The van der Waals surface area contributed by atoms with Crippen molar-refractivity contribution in [3.63, 3.8) is 0 Å². The Morgan fingerprint density at radius 3 is 2.43 bits per heavy atom. The number of aliphatic hydroxyl groups excluding tert-OH is 1. The number of halogens is 2. The first-order chi connectivity index (χ1) is 21.4. The van der Waals surface area contributed by atoms with E-state index in [-0.39, 0.29) is 29.5 Å². The molecule has 44 heavy (non-hydrogen) atoms. The van der Waals surface area contributed by atoms with E-state index in [1.807, 2.05) is 49.4 Å². The molecule has 0 atom stereocenters. The fraction of sp³-hybridized carbons (Fsp3) is 0.219. The molecule has 0 bridgehead atoms. The number of benzene rings is 2. The Kier molecular flexibility index (Phi) is 7.07. The van der Waals surface area contributed by atoms with Crippen LogP contribution in [0.15, 0.2) is 66.9 Å². The van der Waals surface area contributed by atoms with Crippen LogP contribution in [0, 0.1) is 18.6 Å². The Hall–Kier alpha value is -5.07. The van der Waals surface area contributed by atoms with Crippen molar-refractivity contribution in [3.8, 4) is 39.8 Å². The zero-order chi connectivity index (χ0) is 30.4. The van der Waals surface area contributed by atoms with Gasteiger partial charge in [0.25, 0.3) is 0 Å². The number of methoxy groups -OCH3 is 1. The topological polar surface area (TPSA) is 117 Å². The van der Waals surface area contributed by atoms with Crippen LogP contribution >= 0.6 is 0 Å². The number of hydrogen-bond acceptors (Lipinski definition) is 8. The van der Waals surface area contributed by atoms with Crippen LogP contribution in [0.4, 0.5) is 8.78 Å². The van der Waals surface area contributed by atoms with Crippen LogP contribution in [-0.2, 0) is 13.2 Å². The van der Waals surface area contributed by atoms with Crippen molar-refractivity contribution >= 4 is 5.65 Å². The molecule has 0 spiro atoms. The van der Waals surface area contributed by atoms with Gasteiger partial charge in [-0.15, -0.1) is 5.10 Å². The summed E-state index contributed by atoms with van der Waals surface area (Å²) < 4.78 is 36.6. The van der Waals surface area contributed by atoms with E-state index in [0.29, 0.717) is 28.3 Å². The van der Waals surface area contributed by atoms with Gasteiger partial charge in [0.05, 0.1) is 30.5 Å². The molecule has 0 radical (unpaired) electrons. The Morgan fingerprint density at radius 2 is 1.73 bits per heavy atom. The molecule has 1 saturated heterocycles. The zero-order valence-corrected chi connectivity index (χ0v) is 24.0. The minimum atomic E-state index is -0.716. The van der Waals surface area contributed by atoms with Gasteiger partial charge in [-0.05, 0) is 36.8 Å². The number of aryl methyl sites for hydroxylation is 1. The predicted octanol–water partition coefficient (Wildman–Crippen LogP) is 4.93. The van der Waals surface area contributed by atoms with Crippen LogP contribution in [-0.4, -0.2) is 65.0 Å². The SMILES string of the molecule is COc1nn2cc(-c3c(F)cccc3F)c(-c3ccc(CN4CC(c5n[nH]c(-c6cccc(C)n6)n5)C4)cc3)nc2c1CO. The molecule has 1 aliphatic rings. The number of aromatic nitrogens is 7. The van der Waals surface area contributed by atoms with Crippen LogP contribution in [0.2, 0.25) is 0 Å². The molecule has 12 heteroatoms. The molecule has 5 heterocycles. The second-order valence-corrected chi connectivity index (χ2v) is 10.8. The Bertz CT molecular complexity index is 1960. The van der Waals surface area contributed by atoms with Gasteiger partial charge >= 0.3 is 0 Å². The molecule has 0 aliphatic carbocycles. The highest BCUT2D eigenvalue weighted by Crippen LogP contribution is 2.36. The van der Waals surface area contributed by atoms with Gasteiger partial charge in [-0.3, -0.25) is 10.00 Å². The largest absolute Gasteiger partial charge is 0.480 e. The summed E-state index contributed by atoms with van der Waals surface area (Å²) in [4.78, 5) is 16.2. The molecule has 7 rings (SSSR count). The first-order valence-electron chi connectivity index (χ1n) is 14.1. The normalized spacial score (nSPS) is 13.8. The molecule has 1 fully saturated rings. The van der Waals surface area contributed by atoms with E-state index >= 15 is 0 Å². The second-order valence-electron chi connectivity index (χ2n) is 10.8. The molecule has 6 aromatic rings. The first kappa shape index (κ1) is 27.7. The maximum atomic E-state index is 15.0. The quantitative estimate of drug-likeness (QED) is 0.255. The third-order valence-corrected chi connectivity index (χ3v) is 7.84. The number of aromatic amines is 1. The highest BCUT2D eigenvalue weighted by atomic mass is 19.1. The van der Waals surface area contributed by atoms with E-state index < -0.39 is 11.6 Å². The molecule has 2 N–H and O–H groups in total. The molecule has 1 aliphatic heterocycles. The lowest BCUT2D eigenvalue weighted by Crippen LogP contribution is -2.44. The summed E-state index contributed by atoms with van der Waals surface area (Å²) in [6.07, 6.45) is 1.51. The van der Waals surface area contributed by atoms with Crippen molar-refractivity contribution < 1.29 is 18.6 Å². The molecule has 0 saturated carbocycles. The maximum absolute atomic E-state index is 15.0. The average Bonchev–Trinajstić information content (AvgIpc) is 3.63. The van der Waals surface area contributed by atoms with Crippen molar-refractivity contribution in [1.29, 1.82) is 0 Å². The van der Waals surface area contributed by atoms with Gasteiger partial charge in [-0.2, -0.15) is 5.10 Å². The van der Waals surface area contributed by atoms with Crippen LogP contribution in [0.25, 0.3) is 39.5 Å². The van der Waals surface area contributed by atoms with E-state index in [1.54, 1.807) is 0 Å². The fourth-order valence-corrected chi connectivity index (χ4v) is 5.59. The Labute approximate surface area is 251 Å². The summed E-state index contributed by atoms with van der Waals surface area (Å²) in [5.74, 6) is 0.431. The number of hydrogen-bond donors (Lipinski definition) is 2. The summed E-state index contributed by atoms with van der Waals surface area (Å²) >= 11 is 0. The number of H-pyrrole nitrogens is 1. The molecular weight excluding hydrogens is 566 g/mol. The third kappa shape index (κ3) is 4.97. The first-order valence-corrected chi connectivity index (χ1v) is 14.1. The Morgan fingerprint density at radius 1 is 0.977 bits per heavy atom. The van der Waals surface area contributed by atoms with Crippen molar-refractivity contribution in [3.05, 3.63) is 101 Å². The van der Waals surface area contributed by atoms with Crippen LogP contribution in [0.5, 0.6) is 5.88 Å². The van der Waals surface area contributed by atoms with Crippen LogP contribution < -0.4 is 4.74 Å². The monoisotopic (exact) mass is 594 g/mol. The standard InChI is InChI=1S/C32H28F2N8O2/c1-18-5-3-8-26(35-18)30-37-29(38-39-30)21-14-41(15-21)13-19-9-11-20(12-10-19)28-22(27-24(33)6-4-7-25(27)34)16-42-31(36-28)23(17-43)32(40-42)44-2/h3-12,16,21,43H,13-15,17H2,1-2H3,(H,37,38,39). The lowest BCUT2D eigenvalue weighted by atomic mass is 9.97. The molecule has 4 aromatic heterocycles. The van der Waals surface area contributed by atoms with E-state index in [4.69, 9.17) is 9.72 Å². The van der Waals surface area contributed by atoms with Crippen LogP contribution in [0.1, 0.15) is 28.6 Å². The van der Waals surface area contributed by atoms with Crippen LogP contribution in [0.3, 0.4) is 0 Å². The highest BCUT2D eigenvalue weighted by molar-refractivity contribution is 5.82. The summed E-state index contributed by atoms with van der Waals surface area (Å²) in [7, 11) is 1.43. The van der Waals surface area contributed by atoms with E-state index in [9.17, 15) is 13.9 Å². The van der Waals surface area contributed by atoms with Gasteiger partial charge < -0.3 is 9.84 Å². The minimum Gasteiger partial charge on any atom is -0.480 e. The second kappa shape index (κ2) is 11.2. The molecule has 222 valence electrons. The van der Waals surface area contributed by atoms with Crippen molar-refractivity contribution in [2.24, 2.45) is 0 Å². The van der Waals surface area contributed by atoms with Gasteiger partial charge in [0, 0.05) is 48.6 Å². The lowest BCUT2D eigenvalue weighted by Gasteiger charge is -2.37. The number of aliphatic hydroxyl groups is 1. The van der Waals surface area contributed by atoms with E-state index in [1.165, 1.54) is 36.0 Å². The number of likely N-dealkylation sites (tertiary alicyclic amines) is 1. The minimum absolute atomic E-state index is 0.188. The van der Waals surface area contributed by atoms with Crippen molar-refractivity contribution in [1.82, 2.24) is 39.7 Å². The summed E-state index contributed by atoms with van der Waals surface area (Å²) in [6, 6.07) is 17.3. The van der Waals surface area contributed by atoms with Gasteiger partial charge in [0.15, 0.2) is 17.3 Å². The number of rotatable bonds is 8. The van der Waals surface area contributed by atoms with Gasteiger partial charge in [-0.25, -0.2) is 28.2 Å². The molecular formula is C32H28F2N8O2. The molecule has 2 aromatic carbocycles. The van der Waals surface area contributed by atoms with Crippen molar-refractivity contribution in [2.45, 2.75) is 26.0 Å². The fourth-order valence-electron chi connectivity index (χ4n) is 5.59. The highest BCUT2D eigenvalue weighted by Gasteiger charge is 2.31. The number of ether oxygens (including phenoxy) is 1. The van der Waals surface area contributed by atoms with E-state index in [2.05, 4.69) is 30.2 Å². The summed E-state index contributed by atoms with van der Waals surface area (Å²) in [6.45, 7) is 3.95. The van der Waals surface area contributed by atoms with Gasteiger partial charge in [0.1, 0.15) is 17.3 Å². The maximum Gasteiger partial charge on any atom is 0.240 e.